The van der Waals surface area contributed by atoms with Gasteiger partial charge in [-0.05, 0) is 172 Å². The normalized spacial score (nSPS) is 22.3. The second-order valence-corrected chi connectivity index (χ2v) is 40.0. The first-order valence-corrected chi connectivity index (χ1v) is 46.4. The molecule has 5 aliphatic heterocycles. The fourth-order valence-electron chi connectivity index (χ4n) is 17.2. The third-order valence-corrected chi connectivity index (χ3v) is 29.3. The van der Waals surface area contributed by atoms with Gasteiger partial charge in [-0.3, -0.25) is 38.7 Å². The lowest BCUT2D eigenvalue weighted by atomic mass is 9.71. The Balaban J connectivity index is 0.543. The lowest BCUT2D eigenvalue weighted by Gasteiger charge is -2.44. The average molecular weight is 1730 g/mol. The van der Waals surface area contributed by atoms with Crippen molar-refractivity contribution in [3.05, 3.63) is 177 Å². The van der Waals surface area contributed by atoms with Crippen LogP contribution in [0.5, 0.6) is 0 Å². The minimum Gasteiger partial charge on any atom is -0.391 e. The number of sulfonamides is 1. The lowest BCUT2D eigenvalue weighted by molar-refractivity contribution is -0.144. The third kappa shape index (κ3) is 22.4. The van der Waals surface area contributed by atoms with Crippen molar-refractivity contribution in [1.82, 2.24) is 50.2 Å². The van der Waals surface area contributed by atoms with Crippen molar-refractivity contribution in [3.8, 4) is 0 Å². The number of pyridine rings is 1. The number of carbonyl (C=O) groups is 5. The van der Waals surface area contributed by atoms with Gasteiger partial charge in [0, 0.05) is 162 Å². The zero-order chi connectivity index (χ0) is 84.6. The predicted octanol–water partition coefficient (Wildman–Crippen LogP) is 11.9. The number of amides is 5. The van der Waals surface area contributed by atoms with Crippen LogP contribution in [0, 0.1) is 23.7 Å². The molecule has 1 unspecified atom stereocenters. The maximum atomic E-state index is 14.5. The number of anilines is 3. The summed E-state index contributed by atoms with van der Waals surface area (Å²) in [4.78, 5) is 90.8. The summed E-state index contributed by atoms with van der Waals surface area (Å²) in [5.41, 5.74) is 2.12. The number of hydrogen-bond acceptors (Lipinski definition) is 21. The number of nitrogens with one attached hydrogen (secondary N) is 5. The van der Waals surface area contributed by atoms with Crippen molar-refractivity contribution in [3.63, 3.8) is 0 Å². The van der Waals surface area contributed by atoms with Gasteiger partial charge in [-0.25, -0.2) is 31.5 Å². The van der Waals surface area contributed by atoms with Crippen LogP contribution in [0.15, 0.2) is 159 Å². The van der Waals surface area contributed by atoms with Crippen LogP contribution in [0.25, 0.3) is 11.1 Å². The standard InChI is InChI=1S/C87H109ClF3N13O11S4/c1-57(59-16-18-61(19-17-59)79-58(2)94-56-117-79)95-83(109)75-46-69(105)51-104(75)84(110)80(85(3,4)5)97-78(106)15-11-8-12-35-92-81(107)63-24-31-77(93-49-63)102-43-39-100(40-44-102)55-86(6)34-32-73(60-20-25-65(88)26-21-60)64(48-86)50-99-37-41-101(42-38-99)67-27-22-62(23-28-67)82(108)98-119(113,114)72-29-30-74(76(47-72)118(111,112)87(89,90)91)96-66(54-116-71-13-9-7-10-14-71)33-36-103-52-70-45-68(103)53-115-70/h7,9-10,13-14,16,18-31,47,49,56-57,59,66,68-70,75,80,96,105H,8,11-12,15,17,32-46,48,50-55H2,1-6H3,(H,92,107)(H,95,109)(H,97,106)(H,98,108)/t57-,59?,66+,68+,69+,70+,75-,80+,86+/m0/s1. The summed E-state index contributed by atoms with van der Waals surface area (Å²) >= 11 is 9.46. The van der Waals surface area contributed by atoms with Crippen LogP contribution in [0.3, 0.4) is 0 Å². The number of alkyl halides is 3. The summed E-state index contributed by atoms with van der Waals surface area (Å²) in [6.45, 7) is 21.9. The first-order chi connectivity index (χ1) is 56.7. The van der Waals surface area contributed by atoms with Crippen LogP contribution in [0.4, 0.5) is 30.4 Å². The number of benzene rings is 4. The van der Waals surface area contributed by atoms with E-state index in [4.69, 9.17) is 21.3 Å². The van der Waals surface area contributed by atoms with Gasteiger partial charge in [0.1, 0.15) is 22.8 Å². The fourth-order valence-corrected chi connectivity index (χ4v) is 21.2. The molecule has 0 saturated carbocycles. The summed E-state index contributed by atoms with van der Waals surface area (Å²) in [5, 5.41) is 23.5. The number of rotatable bonds is 32. The number of sulfone groups is 1. The second-order valence-electron chi connectivity index (χ2n) is 34.0. The number of β-amino-alcohol motifs (C(OH)–C–C–N with tert-alkyl or cyclic N) is 1. The van der Waals surface area contributed by atoms with Gasteiger partial charge in [-0.2, -0.15) is 13.2 Å². The molecule has 7 heterocycles. The molecule has 13 rings (SSSR count). The van der Waals surface area contributed by atoms with Gasteiger partial charge < -0.3 is 45.8 Å². The Morgan fingerprint density at radius 2 is 1.54 bits per heavy atom. The number of fused-ring (bicyclic) bond motifs is 2. The molecule has 6 aromatic rings. The number of morpholine rings is 1. The highest BCUT2D eigenvalue weighted by atomic mass is 35.5. The topological polar surface area (TPSA) is 288 Å². The predicted molar refractivity (Wildman–Crippen MR) is 460 cm³/mol. The molecule has 4 aromatic carbocycles. The van der Waals surface area contributed by atoms with Gasteiger partial charge in [0.05, 0.1) is 51.0 Å². The van der Waals surface area contributed by atoms with E-state index < -0.39 is 82.3 Å². The van der Waals surface area contributed by atoms with Crippen molar-refractivity contribution < 1.29 is 63.8 Å². The number of aromatic nitrogens is 2. The number of carbonyl (C=O) groups excluding carboxylic acids is 5. The molecule has 24 nitrogen and oxygen atoms in total. The Labute approximate surface area is 709 Å². The van der Waals surface area contributed by atoms with Crippen molar-refractivity contribution in [2.75, 3.05) is 119 Å². The molecule has 32 heteroatoms. The number of piperazine rings is 2. The van der Waals surface area contributed by atoms with Crippen molar-refractivity contribution in [2.24, 2.45) is 16.7 Å². The number of allylic oxidation sites excluding steroid dienone is 4. The second kappa shape index (κ2) is 38.4. The minimum absolute atomic E-state index is 0.0110. The number of aliphatic hydroxyl groups is 1. The third-order valence-electron chi connectivity index (χ3n) is 24.1. The Bertz CT molecular complexity index is 4930. The molecular formula is C87H109ClF3N13O11S4. The highest BCUT2D eigenvalue weighted by Crippen LogP contribution is 2.45. The largest absolute Gasteiger partial charge is 0.501 e. The number of halogens is 4. The van der Waals surface area contributed by atoms with Crippen LogP contribution in [-0.2, 0) is 39.0 Å². The molecule has 0 spiro atoms. The molecule has 6 N–H and O–H groups in total. The Morgan fingerprint density at radius 3 is 2.19 bits per heavy atom. The van der Waals surface area contributed by atoms with Gasteiger partial charge in [-0.15, -0.1) is 23.1 Å². The quantitative estimate of drug-likeness (QED) is 0.0169. The highest BCUT2D eigenvalue weighted by molar-refractivity contribution is 7.99. The summed E-state index contributed by atoms with van der Waals surface area (Å²) < 4.78 is 106. The molecule has 2 aliphatic carbocycles. The molecule has 0 radical (unpaired) electrons. The number of thiazole rings is 1. The summed E-state index contributed by atoms with van der Waals surface area (Å²) in [7, 11) is -11.0. The van der Waals surface area contributed by atoms with Gasteiger partial charge in [-0.1, -0.05) is 99.8 Å². The molecule has 9 atom stereocenters. The van der Waals surface area contributed by atoms with Crippen LogP contribution < -0.4 is 35.8 Å². The van der Waals surface area contributed by atoms with E-state index in [0.29, 0.717) is 87.4 Å². The molecule has 7 aliphatic rings. The zero-order valence-electron chi connectivity index (χ0n) is 68.2. The van der Waals surface area contributed by atoms with Gasteiger partial charge in [0.25, 0.3) is 31.7 Å². The van der Waals surface area contributed by atoms with E-state index in [0.717, 1.165) is 135 Å². The Hall–Kier alpha value is -8.24. The van der Waals surface area contributed by atoms with Crippen molar-refractivity contribution in [1.29, 1.82) is 0 Å². The SMILES string of the molecule is Cc1ncsc1C1=CCC([C@H](C)NC(=O)[C@@H]2C[C@@H](O)CN2C(=O)[C@@H](NC(=O)CCCCCNC(=O)c2ccc(N3CCN(C[C@]4(C)CCC(c5ccc(Cl)cc5)=C(CN5CCN(c6ccc(C(=O)NS(=O)(=O)c7ccc(N[C@H](CCN8C[C@H]9C[C@@H]8CO9)CSc8ccccc8)c(S(=O)(=O)C(F)(F)F)c7)cc6)CC5)C4)CC3)nc2)C(C)(C)C)C=C1. The van der Waals surface area contributed by atoms with Crippen molar-refractivity contribution in [2.45, 2.75) is 175 Å². The van der Waals surface area contributed by atoms with Gasteiger partial charge >= 0.3 is 5.51 Å². The number of hydrogen-bond donors (Lipinski definition) is 6. The number of aryl methyl sites for hydroxylation is 1. The van der Waals surface area contributed by atoms with E-state index in [9.17, 15) is 59.1 Å². The number of ether oxygens (including phenoxy) is 1. The highest BCUT2D eigenvalue weighted by Gasteiger charge is 2.50. The maximum absolute atomic E-state index is 14.5. The first kappa shape index (κ1) is 88.5. The maximum Gasteiger partial charge on any atom is 0.501 e. The smallest absolute Gasteiger partial charge is 0.391 e. The van der Waals surface area contributed by atoms with E-state index in [-0.39, 0.29) is 72.2 Å². The molecule has 640 valence electrons. The van der Waals surface area contributed by atoms with E-state index in [2.05, 4.69) is 88.0 Å². The van der Waals surface area contributed by atoms with E-state index in [1.165, 1.54) is 39.9 Å². The number of unbranched alkanes of at least 4 members (excludes halogenated alkanes) is 2. The van der Waals surface area contributed by atoms with E-state index in [1.54, 1.807) is 35.7 Å². The van der Waals surface area contributed by atoms with Gasteiger partial charge in [0.2, 0.25) is 17.7 Å². The molecule has 5 fully saturated rings. The Kier molecular flexibility index (Phi) is 28.6. The van der Waals surface area contributed by atoms with E-state index >= 15 is 0 Å². The van der Waals surface area contributed by atoms with E-state index in [1.807, 2.05) is 93.4 Å². The Morgan fingerprint density at radius 1 is 0.815 bits per heavy atom. The number of likely N-dealkylation sites (tertiary alicyclic amines) is 2. The lowest BCUT2D eigenvalue weighted by Crippen LogP contribution is -2.58. The zero-order valence-corrected chi connectivity index (χ0v) is 72.3. The molecular weight excluding hydrogens is 1620 g/mol. The van der Waals surface area contributed by atoms with Crippen LogP contribution in [0.2, 0.25) is 5.02 Å². The molecule has 2 bridgehead atoms. The molecule has 5 amide bonds. The van der Waals surface area contributed by atoms with Crippen LogP contribution in [-0.4, -0.2) is 233 Å². The fraction of sp³-hybridized carbons (Fsp3) is 0.506. The summed E-state index contributed by atoms with van der Waals surface area (Å²) in [6, 6.07) is 27.6. The molecule has 2 aromatic heterocycles. The van der Waals surface area contributed by atoms with Crippen LogP contribution >= 0.6 is 34.7 Å². The summed E-state index contributed by atoms with van der Waals surface area (Å²) in [6.07, 6.45) is 14.1. The van der Waals surface area contributed by atoms with Crippen molar-refractivity contribution >= 4 is 112 Å². The number of thioether (sulfide) groups is 1. The average Bonchev–Trinajstić information content (AvgIpc) is 1.58. The monoisotopic (exact) mass is 1730 g/mol. The minimum atomic E-state index is -6.11. The summed E-state index contributed by atoms with van der Waals surface area (Å²) in [5.74, 6) is -1.14. The van der Waals surface area contributed by atoms with Gasteiger partial charge in [0.15, 0.2) is 0 Å². The molecule has 119 heavy (non-hydrogen) atoms. The number of nitrogens with zero attached hydrogens (tertiary/aromatic N) is 8. The van der Waals surface area contributed by atoms with Crippen LogP contribution in [0.1, 0.15) is 142 Å². The number of aliphatic hydroxyl groups excluding tert-OH is 1. The molecule has 5 saturated heterocycles. The first-order valence-electron chi connectivity index (χ1n) is 41.2.